The Morgan fingerprint density at radius 3 is 2.74 bits per heavy atom. The summed E-state index contributed by atoms with van der Waals surface area (Å²) in [6.07, 6.45) is 2.52. The van der Waals surface area contributed by atoms with Gasteiger partial charge in [0.15, 0.2) is 9.84 Å². The van der Waals surface area contributed by atoms with Crippen LogP contribution in [-0.2, 0) is 21.8 Å². The molecule has 2 aromatic heterocycles. The lowest BCUT2D eigenvalue weighted by Gasteiger charge is -2.26. The van der Waals surface area contributed by atoms with E-state index in [2.05, 4.69) is 41.7 Å². The van der Waals surface area contributed by atoms with Gasteiger partial charge in [-0.1, -0.05) is 20.8 Å². The third-order valence-corrected chi connectivity index (χ3v) is 6.42. The molecule has 1 N–H and O–H groups in total. The van der Waals surface area contributed by atoms with Gasteiger partial charge in [-0.3, -0.25) is 4.90 Å². The van der Waals surface area contributed by atoms with Gasteiger partial charge in [0, 0.05) is 35.3 Å². The zero-order chi connectivity index (χ0) is 16.8. The van der Waals surface area contributed by atoms with Crippen molar-refractivity contribution < 1.29 is 8.42 Å². The molecule has 1 atom stereocenters. The molecule has 0 saturated carbocycles. The normalized spacial score (nSPS) is 21.3. The summed E-state index contributed by atoms with van der Waals surface area (Å²) in [5, 5.41) is 1.13. The molecular formula is C17H25N3O2S. The molecule has 0 aliphatic carbocycles. The Labute approximate surface area is 138 Å². The SMILES string of the molecule is CN(Cc1c(C(C)(C)C)[nH]c2ncccc12)[C@@H]1CCS(=O)(=O)C1. The first-order chi connectivity index (χ1) is 10.7. The number of hydrogen-bond donors (Lipinski definition) is 1. The van der Waals surface area contributed by atoms with Crippen LogP contribution in [-0.4, -0.2) is 47.9 Å². The van der Waals surface area contributed by atoms with Crippen LogP contribution in [0, 0.1) is 0 Å². The minimum absolute atomic E-state index is 0.0153. The van der Waals surface area contributed by atoms with E-state index in [4.69, 9.17) is 0 Å². The third kappa shape index (κ3) is 3.28. The van der Waals surface area contributed by atoms with Gasteiger partial charge in [0.05, 0.1) is 11.5 Å². The average Bonchev–Trinajstić information content (AvgIpc) is 2.99. The Bertz CT molecular complexity index is 818. The average molecular weight is 335 g/mol. The number of fused-ring (bicyclic) bond motifs is 1. The molecule has 5 nitrogen and oxygen atoms in total. The second-order valence-corrected chi connectivity index (χ2v) is 9.83. The zero-order valence-electron chi connectivity index (χ0n) is 14.3. The van der Waals surface area contributed by atoms with E-state index < -0.39 is 9.84 Å². The highest BCUT2D eigenvalue weighted by atomic mass is 32.2. The largest absolute Gasteiger partial charge is 0.342 e. The van der Waals surface area contributed by atoms with Crippen LogP contribution in [0.25, 0.3) is 11.0 Å². The number of hydrogen-bond acceptors (Lipinski definition) is 4. The molecule has 23 heavy (non-hydrogen) atoms. The van der Waals surface area contributed by atoms with Crippen LogP contribution < -0.4 is 0 Å². The lowest BCUT2D eigenvalue weighted by atomic mass is 9.88. The second-order valence-electron chi connectivity index (χ2n) is 7.60. The molecule has 1 saturated heterocycles. The number of nitrogens with zero attached hydrogens (tertiary/aromatic N) is 2. The van der Waals surface area contributed by atoms with Crippen molar-refractivity contribution in [3.63, 3.8) is 0 Å². The van der Waals surface area contributed by atoms with Crippen LogP contribution in [0.3, 0.4) is 0 Å². The molecule has 0 bridgehead atoms. The van der Waals surface area contributed by atoms with E-state index in [-0.39, 0.29) is 17.2 Å². The fourth-order valence-electron chi connectivity index (χ4n) is 3.38. The summed E-state index contributed by atoms with van der Waals surface area (Å²) in [6.45, 7) is 7.28. The number of pyridine rings is 1. The fraction of sp³-hybridized carbons (Fsp3) is 0.588. The van der Waals surface area contributed by atoms with Crippen LogP contribution in [0.5, 0.6) is 0 Å². The summed E-state index contributed by atoms with van der Waals surface area (Å²) >= 11 is 0. The minimum atomic E-state index is -2.86. The lowest BCUT2D eigenvalue weighted by molar-refractivity contribution is 0.253. The fourth-order valence-corrected chi connectivity index (χ4v) is 5.19. The van der Waals surface area contributed by atoms with Crippen molar-refractivity contribution in [2.75, 3.05) is 18.6 Å². The van der Waals surface area contributed by atoms with Crippen molar-refractivity contribution in [3.05, 3.63) is 29.6 Å². The Balaban J connectivity index is 1.96. The van der Waals surface area contributed by atoms with E-state index in [1.165, 1.54) is 11.3 Å². The molecule has 1 fully saturated rings. The van der Waals surface area contributed by atoms with Crippen molar-refractivity contribution >= 4 is 20.9 Å². The number of aromatic nitrogens is 2. The maximum absolute atomic E-state index is 11.7. The lowest BCUT2D eigenvalue weighted by Crippen LogP contribution is -2.32. The number of H-pyrrole nitrogens is 1. The highest BCUT2D eigenvalue weighted by Gasteiger charge is 2.32. The first-order valence-electron chi connectivity index (χ1n) is 8.04. The summed E-state index contributed by atoms with van der Waals surface area (Å²) < 4.78 is 23.5. The van der Waals surface area contributed by atoms with Gasteiger partial charge in [0.2, 0.25) is 0 Å². The molecule has 3 heterocycles. The van der Waals surface area contributed by atoms with E-state index >= 15 is 0 Å². The molecular weight excluding hydrogens is 310 g/mol. The van der Waals surface area contributed by atoms with E-state index in [9.17, 15) is 8.42 Å². The van der Waals surface area contributed by atoms with Crippen molar-refractivity contribution in [1.29, 1.82) is 0 Å². The van der Waals surface area contributed by atoms with Crippen molar-refractivity contribution in [3.8, 4) is 0 Å². The molecule has 2 aromatic rings. The van der Waals surface area contributed by atoms with Gasteiger partial charge in [0.25, 0.3) is 0 Å². The smallest absolute Gasteiger partial charge is 0.151 e. The minimum Gasteiger partial charge on any atom is -0.342 e. The van der Waals surface area contributed by atoms with E-state index in [0.717, 1.165) is 24.0 Å². The molecule has 6 heteroatoms. The molecule has 0 aromatic carbocycles. The topological polar surface area (TPSA) is 66.1 Å². The summed E-state index contributed by atoms with van der Waals surface area (Å²) in [4.78, 5) is 10.1. The number of nitrogens with one attached hydrogen (secondary N) is 1. The van der Waals surface area contributed by atoms with Gasteiger partial charge in [-0.2, -0.15) is 0 Å². The van der Waals surface area contributed by atoms with Gasteiger partial charge in [-0.25, -0.2) is 13.4 Å². The van der Waals surface area contributed by atoms with Crippen LogP contribution in [0.4, 0.5) is 0 Å². The van der Waals surface area contributed by atoms with Gasteiger partial charge in [-0.15, -0.1) is 0 Å². The predicted octanol–water partition coefficient (Wildman–Crippen LogP) is 2.48. The summed E-state index contributed by atoms with van der Waals surface area (Å²) in [7, 11) is -0.841. The monoisotopic (exact) mass is 335 g/mol. The highest BCUT2D eigenvalue weighted by Crippen LogP contribution is 2.32. The van der Waals surface area contributed by atoms with Crippen molar-refractivity contribution in [2.45, 2.75) is 45.2 Å². The zero-order valence-corrected chi connectivity index (χ0v) is 15.1. The summed E-state index contributed by atoms with van der Waals surface area (Å²) in [5.74, 6) is 0.582. The number of aromatic amines is 1. The molecule has 3 rings (SSSR count). The van der Waals surface area contributed by atoms with Crippen molar-refractivity contribution in [1.82, 2.24) is 14.9 Å². The predicted molar refractivity (Wildman–Crippen MR) is 93.3 cm³/mol. The standard InChI is InChI=1S/C17H25N3O2S/c1-17(2,3)15-14(13-6-5-8-18-16(13)19-15)10-20(4)12-7-9-23(21,22)11-12/h5-6,8,12H,7,9-11H2,1-4H3,(H,18,19)/t12-/m1/s1. The molecule has 0 spiro atoms. The molecule has 0 amide bonds. The second kappa shape index (κ2) is 5.60. The van der Waals surface area contributed by atoms with Gasteiger partial charge >= 0.3 is 0 Å². The maximum Gasteiger partial charge on any atom is 0.151 e. The van der Waals surface area contributed by atoms with Crippen LogP contribution in [0.2, 0.25) is 0 Å². The first kappa shape index (κ1) is 16.5. The Hall–Kier alpha value is -1.40. The van der Waals surface area contributed by atoms with E-state index in [0.29, 0.717) is 5.75 Å². The summed E-state index contributed by atoms with van der Waals surface area (Å²) in [6, 6.07) is 4.14. The Morgan fingerprint density at radius 2 is 2.13 bits per heavy atom. The Kier molecular flexibility index (Phi) is 4.01. The molecule has 1 aliphatic rings. The first-order valence-corrected chi connectivity index (χ1v) is 9.86. The quantitative estimate of drug-likeness (QED) is 0.936. The molecule has 126 valence electrons. The maximum atomic E-state index is 11.7. The Morgan fingerprint density at radius 1 is 1.39 bits per heavy atom. The van der Waals surface area contributed by atoms with Gasteiger partial charge in [-0.05, 0) is 31.2 Å². The summed E-state index contributed by atoms with van der Waals surface area (Å²) in [5.41, 5.74) is 3.30. The van der Waals surface area contributed by atoms with Crippen LogP contribution >= 0.6 is 0 Å². The van der Waals surface area contributed by atoms with E-state index in [1.807, 2.05) is 13.1 Å². The van der Waals surface area contributed by atoms with Gasteiger partial charge in [0.1, 0.15) is 5.65 Å². The molecule has 1 aliphatic heterocycles. The number of rotatable bonds is 3. The van der Waals surface area contributed by atoms with Crippen LogP contribution in [0.15, 0.2) is 18.3 Å². The molecule has 0 radical (unpaired) electrons. The van der Waals surface area contributed by atoms with E-state index in [1.54, 1.807) is 6.20 Å². The number of sulfone groups is 1. The van der Waals surface area contributed by atoms with Crippen molar-refractivity contribution in [2.24, 2.45) is 0 Å². The highest BCUT2D eigenvalue weighted by molar-refractivity contribution is 7.91. The molecule has 0 unspecified atom stereocenters. The third-order valence-electron chi connectivity index (χ3n) is 4.67. The van der Waals surface area contributed by atoms with Crippen LogP contribution in [0.1, 0.15) is 38.4 Å². The van der Waals surface area contributed by atoms with Gasteiger partial charge < -0.3 is 4.98 Å².